The van der Waals surface area contributed by atoms with Crippen LogP contribution in [0.25, 0.3) is 0 Å². The zero-order chi connectivity index (χ0) is 12.0. The van der Waals surface area contributed by atoms with E-state index >= 15 is 0 Å². The monoisotopic (exact) mass is 221 g/mol. The predicted molar refractivity (Wildman–Crippen MR) is 68.0 cm³/mol. The van der Waals surface area contributed by atoms with E-state index in [-0.39, 0.29) is 6.04 Å². The van der Waals surface area contributed by atoms with Crippen molar-refractivity contribution >= 4 is 0 Å². The Bertz CT molecular complexity index is 284. The summed E-state index contributed by atoms with van der Waals surface area (Å²) in [7, 11) is 0. The van der Waals surface area contributed by atoms with Gasteiger partial charge in [0.2, 0.25) is 0 Å². The molecular formula is C13H23N3. The molecule has 1 rings (SSSR count). The third-order valence-electron chi connectivity index (χ3n) is 3.06. The van der Waals surface area contributed by atoms with E-state index < -0.39 is 0 Å². The SMILES string of the molecule is CC(NCC(CN)C(C)C)c1ccccn1. The first-order valence-corrected chi connectivity index (χ1v) is 5.99. The van der Waals surface area contributed by atoms with Crippen LogP contribution in [-0.4, -0.2) is 18.1 Å². The van der Waals surface area contributed by atoms with Crippen LogP contribution in [-0.2, 0) is 0 Å². The Morgan fingerprint density at radius 2 is 2.06 bits per heavy atom. The molecule has 0 aliphatic heterocycles. The fraction of sp³-hybridized carbons (Fsp3) is 0.615. The van der Waals surface area contributed by atoms with Crippen molar-refractivity contribution in [2.75, 3.05) is 13.1 Å². The molecule has 3 N–H and O–H groups in total. The summed E-state index contributed by atoms with van der Waals surface area (Å²) in [6.45, 7) is 8.25. The molecule has 0 spiro atoms. The van der Waals surface area contributed by atoms with Crippen molar-refractivity contribution in [2.24, 2.45) is 17.6 Å². The third-order valence-corrected chi connectivity index (χ3v) is 3.06. The van der Waals surface area contributed by atoms with E-state index in [2.05, 4.69) is 31.1 Å². The summed E-state index contributed by atoms with van der Waals surface area (Å²) in [5.41, 5.74) is 6.83. The highest BCUT2D eigenvalue weighted by molar-refractivity contribution is 5.07. The molecule has 0 fully saturated rings. The van der Waals surface area contributed by atoms with Crippen LogP contribution in [0.2, 0.25) is 0 Å². The van der Waals surface area contributed by atoms with Crippen molar-refractivity contribution in [1.82, 2.24) is 10.3 Å². The van der Waals surface area contributed by atoms with Crippen LogP contribution < -0.4 is 11.1 Å². The lowest BCUT2D eigenvalue weighted by Crippen LogP contribution is -2.33. The number of nitrogens with one attached hydrogen (secondary N) is 1. The van der Waals surface area contributed by atoms with E-state index in [1.165, 1.54) is 0 Å². The van der Waals surface area contributed by atoms with Gasteiger partial charge >= 0.3 is 0 Å². The minimum absolute atomic E-state index is 0.286. The molecule has 1 aromatic heterocycles. The van der Waals surface area contributed by atoms with E-state index in [4.69, 9.17) is 5.73 Å². The van der Waals surface area contributed by atoms with Crippen LogP contribution in [0.4, 0.5) is 0 Å². The van der Waals surface area contributed by atoms with Gasteiger partial charge in [0, 0.05) is 18.8 Å². The Labute approximate surface area is 98.5 Å². The topological polar surface area (TPSA) is 50.9 Å². The van der Waals surface area contributed by atoms with Crippen molar-refractivity contribution in [1.29, 1.82) is 0 Å². The number of hydrogen-bond donors (Lipinski definition) is 2. The van der Waals surface area contributed by atoms with Gasteiger partial charge in [0.1, 0.15) is 0 Å². The van der Waals surface area contributed by atoms with Crippen LogP contribution in [0.3, 0.4) is 0 Å². The summed E-state index contributed by atoms with van der Waals surface area (Å²) in [6, 6.07) is 6.29. The van der Waals surface area contributed by atoms with Crippen molar-refractivity contribution < 1.29 is 0 Å². The lowest BCUT2D eigenvalue weighted by atomic mass is 9.95. The largest absolute Gasteiger partial charge is 0.330 e. The smallest absolute Gasteiger partial charge is 0.0570 e. The highest BCUT2D eigenvalue weighted by Crippen LogP contribution is 2.12. The number of aromatic nitrogens is 1. The lowest BCUT2D eigenvalue weighted by molar-refractivity contribution is 0.355. The Balaban J connectivity index is 2.43. The molecule has 16 heavy (non-hydrogen) atoms. The Morgan fingerprint density at radius 1 is 1.31 bits per heavy atom. The van der Waals surface area contributed by atoms with Gasteiger partial charge in [0.15, 0.2) is 0 Å². The number of hydrogen-bond acceptors (Lipinski definition) is 3. The fourth-order valence-corrected chi connectivity index (χ4v) is 1.66. The second-order valence-electron chi connectivity index (χ2n) is 4.62. The van der Waals surface area contributed by atoms with Crippen molar-refractivity contribution in [3.63, 3.8) is 0 Å². The quantitative estimate of drug-likeness (QED) is 0.772. The van der Waals surface area contributed by atoms with Gasteiger partial charge in [-0.3, -0.25) is 4.98 Å². The molecule has 90 valence electrons. The van der Waals surface area contributed by atoms with Gasteiger partial charge in [-0.25, -0.2) is 0 Å². The van der Waals surface area contributed by atoms with E-state index in [1.54, 1.807) is 0 Å². The zero-order valence-corrected chi connectivity index (χ0v) is 10.5. The molecule has 3 heteroatoms. The van der Waals surface area contributed by atoms with Crippen molar-refractivity contribution in [2.45, 2.75) is 26.8 Å². The number of nitrogens with two attached hydrogens (primary N) is 1. The highest BCUT2D eigenvalue weighted by atomic mass is 14.9. The highest BCUT2D eigenvalue weighted by Gasteiger charge is 2.13. The van der Waals surface area contributed by atoms with Gasteiger partial charge < -0.3 is 11.1 Å². The summed E-state index contributed by atoms with van der Waals surface area (Å²) in [6.07, 6.45) is 1.83. The van der Waals surface area contributed by atoms with Gasteiger partial charge in [0.25, 0.3) is 0 Å². The van der Waals surface area contributed by atoms with Crippen molar-refractivity contribution in [3.8, 4) is 0 Å². The molecule has 1 aromatic rings. The first kappa shape index (κ1) is 13.1. The number of pyridine rings is 1. The van der Waals surface area contributed by atoms with Gasteiger partial charge in [-0.15, -0.1) is 0 Å². The second-order valence-corrected chi connectivity index (χ2v) is 4.62. The average molecular weight is 221 g/mol. The maximum Gasteiger partial charge on any atom is 0.0570 e. The fourth-order valence-electron chi connectivity index (χ4n) is 1.66. The number of nitrogens with zero attached hydrogens (tertiary/aromatic N) is 1. The maximum atomic E-state index is 5.74. The number of rotatable bonds is 6. The summed E-state index contributed by atoms with van der Waals surface area (Å²) in [5.74, 6) is 1.15. The van der Waals surface area contributed by atoms with E-state index in [1.807, 2.05) is 24.4 Å². The van der Waals surface area contributed by atoms with E-state index in [9.17, 15) is 0 Å². The Morgan fingerprint density at radius 3 is 2.56 bits per heavy atom. The molecule has 2 unspecified atom stereocenters. The molecule has 2 atom stereocenters. The zero-order valence-electron chi connectivity index (χ0n) is 10.5. The molecular weight excluding hydrogens is 198 g/mol. The maximum absolute atomic E-state index is 5.74. The van der Waals surface area contributed by atoms with Gasteiger partial charge in [-0.2, -0.15) is 0 Å². The van der Waals surface area contributed by atoms with Crippen LogP contribution in [0.5, 0.6) is 0 Å². The molecule has 0 aliphatic carbocycles. The standard InChI is InChI=1S/C13H23N3/c1-10(2)12(8-14)9-16-11(3)13-6-4-5-7-15-13/h4-7,10-12,16H,8-9,14H2,1-3H3. The minimum atomic E-state index is 0.286. The first-order valence-electron chi connectivity index (χ1n) is 5.99. The molecule has 0 aromatic carbocycles. The summed E-state index contributed by atoms with van der Waals surface area (Å²) in [5, 5.41) is 3.49. The molecule has 0 saturated heterocycles. The molecule has 1 heterocycles. The van der Waals surface area contributed by atoms with Crippen molar-refractivity contribution in [3.05, 3.63) is 30.1 Å². The van der Waals surface area contributed by atoms with E-state index in [0.717, 1.165) is 18.8 Å². The van der Waals surface area contributed by atoms with Gasteiger partial charge in [0.05, 0.1) is 5.69 Å². The Kier molecular flexibility index (Phi) is 5.43. The van der Waals surface area contributed by atoms with Gasteiger partial charge in [-0.1, -0.05) is 19.9 Å². The van der Waals surface area contributed by atoms with Crippen LogP contribution in [0.1, 0.15) is 32.5 Å². The van der Waals surface area contributed by atoms with Crippen LogP contribution in [0, 0.1) is 11.8 Å². The molecule has 0 amide bonds. The molecule has 0 aliphatic rings. The summed E-state index contributed by atoms with van der Waals surface area (Å²) < 4.78 is 0. The molecule has 0 saturated carbocycles. The average Bonchev–Trinajstić information content (AvgIpc) is 2.30. The summed E-state index contributed by atoms with van der Waals surface area (Å²) >= 11 is 0. The summed E-state index contributed by atoms with van der Waals surface area (Å²) in [4.78, 5) is 4.33. The predicted octanol–water partition coefficient (Wildman–Crippen LogP) is 1.96. The minimum Gasteiger partial charge on any atom is -0.330 e. The third kappa shape index (κ3) is 3.91. The second kappa shape index (κ2) is 6.61. The molecule has 0 bridgehead atoms. The van der Waals surface area contributed by atoms with Gasteiger partial charge in [-0.05, 0) is 37.4 Å². The van der Waals surface area contributed by atoms with Crippen LogP contribution in [0.15, 0.2) is 24.4 Å². The normalized spacial score (nSPS) is 15.1. The molecule has 0 radical (unpaired) electrons. The first-order chi connectivity index (χ1) is 7.65. The molecule has 3 nitrogen and oxygen atoms in total. The lowest BCUT2D eigenvalue weighted by Gasteiger charge is -2.22. The Hall–Kier alpha value is -0.930. The van der Waals surface area contributed by atoms with E-state index in [0.29, 0.717) is 11.8 Å². The van der Waals surface area contributed by atoms with Crippen LogP contribution >= 0.6 is 0 Å².